The molecule has 2 bridgehead atoms. The second kappa shape index (κ2) is 9.75. The summed E-state index contributed by atoms with van der Waals surface area (Å²) in [6.45, 7) is 1.61. The minimum atomic E-state index is -0.855. The molecular formula is C32H35ClF2N4O2. The summed E-state index contributed by atoms with van der Waals surface area (Å²) >= 11 is 6.57. The van der Waals surface area contributed by atoms with Crippen LogP contribution in [0.15, 0.2) is 24.3 Å². The van der Waals surface area contributed by atoms with E-state index in [9.17, 15) is 9.50 Å². The van der Waals surface area contributed by atoms with Crippen molar-refractivity contribution in [2.45, 2.75) is 93.4 Å². The fourth-order valence-electron chi connectivity index (χ4n) is 8.29. The van der Waals surface area contributed by atoms with Gasteiger partial charge in [0.25, 0.3) is 0 Å². The standard InChI is InChI=1S/C32H35ClF2N4O2/c33-26-13-22(40)12-25(27(26)17-2-3-17)23-6-7-24-29(18-10-20-4-5-21(11-18)36-20)37-31(38-30(24)28(23)35)41-16-32-8-1-9-39(32)15-19(34)14-32/h6-7,12-13,17-21,36,40H,1-5,8-11,14-16H2. The summed E-state index contributed by atoms with van der Waals surface area (Å²) < 4.78 is 37.3. The third-order valence-corrected chi connectivity index (χ3v) is 10.6. The average Bonchev–Trinajstić information content (AvgIpc) is 3.52. The van der Waals surface area contributed by atoms with Crippen molar-refractivity contribution in [3.8, 4) is 22.9 Å². The molecule has 2 aromatic carbocycles. The van der Waals surface area contributed by atoms with Crippen LogP contribution < -0.4 is 10.1 Å². The third kappa shape index (κ3) is 4.48. The highest BCUT2D eigenvalue weighted by molar-refractivity contribution is 6.32. The average molecular weight is 581 g/mol. The van der Waals surface area contributed by atoms with Gasteiger partial charge < -0.3 is 15.2 Å². The molecule has 6 nitrogen and oxygen atoms in total. The van der Waals surface area contributed by atoms with Crippen LogP contribution >= 0.6 is 11.6 Å². The number of halogens is 3. The Labute approximate surface area is 243 Å². The molecule has 5 fully saturated rings. The van der Waals surface area contributed by atoms with Crippen LogP contribution in [-0.4, -0.2) is 63.5 Å². The molecule has 5 aliphatic rings. The predicted molar refractivity (Wildman–Crippen MR) is 154 cm³/mol. The quantitative estimate of drug-likeness (QED) is 0.341. The van der Waals surface area contributed by atoms with Gasteiger partial charge >= 0.3 is 6.01 Å². The lowest BCUT2D eigenvalue weighted by molar-refractivity contribution is 0.107. The van der Waals surface area contributed by atoms with Crippen molar-refractivity contribution in [2.24, 2.45) is 0 Å². The number of ether oxygens (including phenoxy) is 1. The minimum absolute atomic E-state index is 0.00887. The van der Waals surface area contributed by atoms with Crippen LogP contribution in [-0.2, 0) is 0 Å². The Bertz CT molecular complexity index is 1520. The number of phenols is 1. The van der Waals surface area contributed by atoms with Crippen LogP contribution in [0, 0.1) is 5.82 Å². The number of nitrogens with zero attached hydrogens (tertiary/aromatic N) is 3. The van der Waals surface area contributed by atoms with Crippen LogP contribution in [0.2, 0.25) is 5.02 Å². The number of nitrogens with one attached hydrogen (secondary N) is 1. The molecule has 1 aromatic heterocycles. The Morgan fingerprint density at radius 2 is 1.88 bits per heavy atom. The first-order valence-corrected chi connectivity index (χ1v) is 15.6. The van der Waals surface area contributed by atoms with Gasteiger partial charge in [0.2, 0.25) is 0 Å². The zero-order chi connectivity index (χ0) is 27.9. The fraction of sp³-hybridized carbons (Fsp3) is 0.562. The Kier molecular flexibility index (Phi) is 6.21. The number of rotatable bonds is 6. The summed E-state index contributed by atoms with van der Waals surface area (Å²) in [5.74, 6) is -0.0130. The van der Waals surface area contributed by atoms with E-state index in [1.54, 1.807) is 12.1 Å². The number of benzene rings is 2. The van der Waals surface area contributed by atoms with Crippen molar-refractivity contribution in [2.75, 3.05) is 19.7 Å². The fourth-order valence-corrected chi connectivity index (χ4v) is 8.66. The maximum Gasteiger partial charge on any atom is 0.317 e. The molecular weight excluding hydrogens is 546 g/mol. The van der Waals surface area contributed by atoms with Gasteiger partial charge in [0.05, 0.1) is 11.2 Å². The lowest BCUT2D eigenvalue weighted by atomic mass is 9.87. The molecule has 9 heteroatoms. The first-order chi connectivity index (χ1) is 19.9. The maximum absolute atomic E-state index is 16.6. The van der Waals surface area contributed by atoms with E-state index in [2.05, 4.69) is 15.2 Å². The van der Waals surface area contributed by atoms with Gasteiger partial charge in [-0.3, -0.25) is 4.90 Å². The second-order valence-electron chi connectivity index (χ2n) is 13.0. The summed E-state index contributed by atoms with van der Waals surface area (Å²) in [6, 6.07) is 7.90. The Morgan fingerprint density at radius 3 is 2.66 bits per heavy atom. The molecule has 1 aliphatic carbocycles. The molecule has 0 radical (unpaired) electrons. The van der Waals surface area contributed by atoms with Crippen molar-refractivity contribution in [1.29, 1.82) is 0 Å². The van der Waals surface area contributed by atoms with Crippen molar-refractivity contribution in [1.82, 2.24) is 20.2 Å². The number of fused-ring (bicyclic) bond motifs is 4. The molecule has 4 unspecified atom stereocenters. The summed E-state index contributed by atoms with van der Waals surface area (Å²) in [7, 11) is 0. The molecule has 0 spiro atoms. The highest BCUT2D eigenvalue weighted by atomic mass is 35.5. The number of hydrogen-bond donors (Lipinski definition) is 2. The van der Waals surface area contributed by atoms with E-state index in [-0.39, 0.29) is 34.7 Å². The van der Waals surface area contributed by atoms with E-state index in [0.29, 0.717) is 53.2 Å². The summed E-state index contributed by atoms with van der Waals surface area (Å²) in [6.07, 6.45) is 7.67. The number of piperidine rings is 1. The van der Waals surface area contributed by atoms with Gasteiger partial charge in [-0.05, 0) is 87.1 Å². The van der Waals surface area contributed by atoms with Crippen molar-refractivity contribution >= 4 is 22.5 Å². The minimum Gasteiger partial charge on any atom is -0.508 e. The molecule has 8 rings (SSSR count). The largest absolute Gasteiger partial charge is 0.508 e. The van der Waals surface area contributed by atoms with E-state index in [1.165, 1.54) is 6.07 Å². The molecule has 5 heterocycles. The lowest BCUT2D eigenvalue weighted by Gasteiger charge is -2.31. The first kappa shape index (κ1) is 26.1. The van der Waals surface area contributed by atoms with Crippen LogP contribution in [0.1, 0.15) is 80.9 Å². The monoisotopic (exact) mass is 580 g/mol. The van der Waals surface area contributed by atoms with Gasteiger partial charge in [0.1, 0.15) is 24.0 Å². The van der Waals surface area contributed by atoms with Gasteiger partial charge in [-0.15, -0.1) is 0 Å². The molecule has 3 aromatic rings. The van der Waals surface area contributed by atoms with Gasteiger partial charge in [-0.2, -0.15) is 9.97 Å². The molecule has 41 heavy (non-hydrogen) atoms. The molecule has 4 atom stereocenters. The molecule has 4 aliphatic heterocycles. The molecule has 2 N–H and O–H groups in total. The number of alkyl halides is 1. The number of aromatic hydroxyl groups is 1. The zero-order valence-corrected chi connectivity index (χ0v) is 23.8. The third-order valence-electron chi connectivity index (χ3n) is 10.3. The molecule has 0 amide bonds. The van der Waals surface area contributed by atoms with Crippen molar-refractivity contribution < 1.29 is 18.6 Å². The van der Waals surface area contributed by atoms with Crippen LogP contribution in [0.3, 0.4) is 0 Å². The second-order valence-corrected chi connectivity index (χ2v) is 13.5. The lowest BCUT2D eigenvalue weighted by Crippen LogP contribution is -2.43. The summed E-state index contributed by atoms with van der Waals surface area (Å²) in [5, 5.41) is 15.2. The SMILES string of the molecule is Oc1cc(Cl)c(C2CC2)c(-c2ccc3c(C4CC5CCC(C4)N5)nc(OCC45CCCN4CC(F)C5)nc3c2F)c1. The smallest absolute Gasteiger partial charge is 0.317 e. The van der Waals surface area contributed by atoms with Crippen molar-refractivity contribution in [3.63, 3.8) is 0 Å². The van der Waals surface area contributed by atoms with E-state index < -0.39 is 12.0 Å². The van der Waals surface area contributed by atoms with E-state index in [0.717, 1.165) is 69.2 Å². The normalized spacial score (nSPS) is 31.2. The van der Waals surface area contributed by atoms with Gasteiger partial charge in [0, 0.05) is 46.9 Å². The van der Waals surface area contributed by atoms with Gasteiger partial charge in [-0.25, -0.2) is 8.78 Å². The van der Waals surface area contributed by atoms with Gasteiger partial charge in [0.15, 0.2) is 5.82 Å². The van der Waals surface area contributed by atoms with Crippen molar-refractivity contribution in [3.05, 3.63) is 46.4 Å². The number of hydrogen-bond acceptors (Lipinski definition) is 6. The summed E-state index contributed by atoms with van der Waals surface area (Å²) in [4.78, 5) is 11.8. The summed E-state index contributed by atoms with van der Waals surface area (Å²) in [5.41, 5.74) is 2.58. The highest BCUT2D eigenvalue weighted by Crippen LogP contribution is 2.50. The van der Waals surface area contributed by atoms with E-state index in [4.69, 9.17) is 21.3 Å². The predicted octanol–water partition coefficient (Wildman–Crippen LogP) is 6.63. The topological polar surface area (TPSA) is 70.5 Å². The molecule has 1 saturated carbocycles. The number of aromatic nitrogens is 2. The van der Waals surface area contributed by atoms with Crippen LogP contribution in [0.5, 0.6) is 11.8 Å². The van der Waals surface area contributed by atoms with E-state index in [1.807, 2.05) is 6.07 Å². The molecule has 216 valence electrons. The van der Waals surface area contributed by atoms with Crippen LogP contribution in [0.25, 0.3) is 22.0 Å². The maximum atomic E-state index is 16.6. The van der Waals surface area contributed by atoms with Crippen LogP contribution in [0.4, 0.5) is 8.78 Å². The van der Waals surface area contributed by atoms with E-state index >= 15 is 4.39 Å². The Balaban J connectivity index is 1.23. The Hall–Kier alpha value is -2.55. The zero-order valence-electron chi connectivity index (χ0n) is 23.0. The van der Waals surface area contributed by atoms with Gasteiger partial charge in [-0.1, -0.05) is 23.7 Å². The number of phenolic OH excluding ortho intramolecular Hbond substituents is 1. The molecule has 4 saturated heterocycles. The first-order valence-electron chi connectivity index (χ1n) is 15.2. The Morgan fingerprint density at radius 1 is 1.07 bits per heavy atom. The highest BCUT2D eigenvalue weighted by Gasteiger charge is 2.49.